The highest BCUT2D eigenvalue weighted by atomic mass is 14.4. The van der Waals surface area contributed by atoms with Crippen LogP contribution in [0.3, 0.4) is 0 Å². The Morgan fingerprint density at radius 2 is 1.19 bits per heavy atom. The van der Waals surface area contributed by atoms with Gasteiger partial charge in [-0.2, -0.15) is 0 Å². The van der Waals surface area contributed by atoms with Crippen molar-refractivity contribution >= 4 is 6.08 Å². The monoisotopic (exact) mass is 654 g/mol. The first-order valence-corrected chi connectivity index (χ1v) is 18.9. The molecule has 0 saturated carbocycles. The molecular weight excluding hydrogens is 579 g/mol. The van der Waals surface area contributed by atoms with Gasteiger partial charge in [-0.1, -0.05) is 198 Å². The summed E-state index contributed by atoms with van der Waals surface area (Å²) in [6, 6.07) is 24.1. The molecule has 0 aliphatic heterocycles. The van der Waals surface area contributed by atoms with Crippen LogP contribution >= 0.6 is 0 Å². The van der Waals surface area contributed by atoms with Crippen LogP contribution in [0.25, 0.3) is 17.2 Å². The minimum Gasteiger partial charge on any atom is -0.333 e. The number of aryl methyl sites for hydroxylation is 1. The number of nitrogens with two attached hydrogens (primary N) is 1. The molecule has 0 atom stereocenters. The van der Waals surface area contributed by atoms with E-state index in [0.29, 0.717) is 0 Å². The summed E-state index contributed by atoms with van der Waals surface area (Å²) >= 11 is 0. The number of allylic oxidation sites excluding steroid dienone is 5. The lowest BCUT2D eigenvalue weighted by Gasteiger charge is -2.27. The predicted octanol–water partition coefficient (Wildman–Crippen LogP) is 14.6. The lowest BCUT2D eigenvalue weighted by atomic mass is 9.77. The number of hydrogen-bond acceptors (Lipinski definition) is 1. The van der Waals surface area contributed by atoms with Crippen LogP contribution < -0.4 is 5.73 Å². The Hall–Kier alpha value is -3.16. The van der Waals surface area contributed by atoms with Crippen molar-refractivity contribution in [2.45, 2.75) is 147 Å². The third kappa shape index (κ3) is 12.7. The van der Waals surface area contributed by atoms with Gasteiger partial charge >= 0.3 is 0 Å². The van der Waals surface area contributed by atoms with Crippen molar-refractivity contribution in [2.24, 2.45) is 5.73 Å². The van der Waals surface area contributed by atoms with Crippen LogP contribution in [0.5, 0.6) is 0 Å². The fourth-order valence-corrected chi connectivity index (χ4v) is 5.79. The summed E-state index contributed by atoms with van der Waals surface area (Å²) in [7, 11) is 1.50. The van der Waals surface area contributed by atoms with Crippen molar-refractivity contribution in [2.75, 3.05) is 7.05 Å². The van der Waals surface area contributed by atoms with Crippen molar-refractivity contribution in [1.29, 1.82) is 0 Å². The number of rotatable bonds is 3. The van der Waals surface area contributed by atoms with Crippen molar-refractivity contribution in [3.05, 3.63) is 123 Å². The van der Waals surface area contributed by atoms with Gasteiger partial charge in [-0.05, 0) is 85.7 Å². The minimum atomic E-state index is 0.153. The van der Waals surface area contributed by atoms with E-state index in [2.05, 4.69) is 160 Å². The molecule has 0 fully saturated rings. The first kappa shape index (κ1) is 47.0. The second kappa shape index (κ2) is 24.9. The van der Waals surface area contributed by atoms with Crippen LogP contribution in [0, 0.1) is 6.92 Å². The predicted molar refractivity (Wildman–Crippen MR) is 223 cm³/mol. The summed E-state index contributed by atoms with van der Waals surface area (Å²) in [5.41, 5.74) is 19.3. The summed E-state index contributed by atoms with van der Waals surface area (Å²) in [5, 5.41) is 0. The van der Waals surface area contributed by atoms with Gasteiger partial charge in [-0.3, -0.25) is 0 Å². The summed E-state index contributed by atoms with van der Waals surface area (Å²) in [6.07, 6.45) is 11.5. The molecule has 1 heteroatoms. The van der Waals surface area contributed by atoms with Crippen molar-refractivity contribution in [3.8, 4) is 11.1 Å². The summed E-state index contributed by atoms with van der Waals surface area (Å²) < 4.78 is 0. The third-order valence-corrected chi connectivity index (χ3v) is 9.15. The van der Waals surface area contributed by atoms with E-state index in [9.17, 15) is 0 Å². The van der Waals surface area contributed by atoms with Crippen molar-refractivity contribution in [3.63, 3.8) is 0 Å². The maximum atomic E-state index is 4.50. The van der Waals surface area contributed by atoms with Gasteiger partial charge in [-0.15, -0.1) is 0 Å². The molecule has 3 aromatic rings. The molecule has 2 aliphatic carbocycles. The standard InChI is InChI=1S/C22H26.C14H16.C4H10.3C2H6.CH5N/c1-6-15(2)20-14-19-16(3)12-18(13-21(19)22(20,4)5)17-10-8-7-9-11-17;1-11-7-6-9-12-8-4-5-10-13(12)14(11,2)3;1-3-4-2;4*1-2/h7-13H,6,14H2,1-5H3;4-10H,1-3H3;3-4H2,1-2H3;3*1-2H3;2H2,1H3/b20-15+;;;;;;. The molecule has 48 heavy (non-hydrogen) atoms. The fourth-order valence-electron chi connectivity index (χ4n) is 5.79. The van der Waals surface area contributed by atoms with Gasteiger partial charge in [0.25, 0.3) is 0 Å². The Bertz CT molecular complexity index is 1380. The molecule has 2 N–H and O–H groups in total. The molecule has 0 aromatic heterocycles. The zero-order valence-corrected chi connectivity index (χ0v) is 34.5. The van der Waals surface area contributed by atoms with Crippen molar-refractivity contribution < 1.29 is 0 Å². The maximum Gasteiger partial charge on any atom is 0.0114 e. The van der Waals surface area contributed by atoms with Crippen LogP contribution in [0.2, 0.25) is 0 Å². The summed E-state index contributed by atoms with van der Waals surface area (Å²) in [6.45, 7) is 34.7. The quantitative estimate of drug-likeness (QED) is 0.280. The Morgan fingerprint density at radius 1 is 0.667 bits per heavy atom. The van der Waals surface area contributed by atoms with E-state index < -0.39 is 0 Å². The van der Waals surface area contributed by atoms with E-state index >= 15 is 0 Å². The van der Waals surface area contributed by atoms with Crippen molar-refractivity contribution in [1.82, 2.24) is 0 Å². The molecule has 0 radical (unpaired) electrons. The number of fused-ring (bicyclic) bond motifs is 2. The van der Waals surface area contributed by atoms with Gasteiger partial charge < -0.3 is 5.73 Å². The molecule has 0 amide bonds. The van der Waals surface area contributed by atoms with Gasteiger partial charge in [0.15, 0.2) is 0 Å². The summed E-state index contributed by atoms with van der Waals surface area (Å²) in [5.74, 6) is 0. The van der Waals surface area contributed by atoms with Gasteiger partial charge in [-0.25, -0.2) is 0 Å². The highest BCUT2D eigenvalue weighted by molar-refractivity contribution is 5.69. The Kier molecular flexibility index (Phi) is 24.4. The van der Waals surface area contributed by atoms with E-state index in [0.717, 1.165) is 12.8 Å². The SMILES string of the molecule is CC.CC.CC.CC/C(C)=C1\Cc2c(C)cc(-c3ccccc3)cc2C1(C)C.CC1=CC=Cc2ccccc2C1(C)C.CCCC.CN. The maximum absolute atomic E-state index is 4.50. The average Bonchev–Trinajstić information content (AvgIpc) is 3.35. The molecule has 1 nitrogen and oxygen atoms in total. The van der Waals surface area contributed by atoms with E-state index in [1.807, 2.05) is 41.5 Å². The van der Waals surface area contributed by atoms with Gasteiger partial charge in [0.05, 0.1) is 0 Å². The van der Waals surface area contributed by atoms with E-state index in [-0.39, 0.29) is 10.8 Å². The second-order valence-corrected chi connectivity index (χ2v) is 12.5. The highest BCUT2D eigenvalue weighted by Crippen LogP contribution is 2.47. The zero-order chi connectivity index (χ0) is 37.5. The largest absolute Gasteiger partial charge is 0.333 e. The van der Waals surface area contributed by atoms with E-state index in [1.165, 1.54) is 58.8 Å². The van der Waals surface area contributed by atoms with E-state index in [4.69, 9.17) is 0 Å². The van der Waals surface area contributed by atoms with E-state index in [1.54, 1.807) is 16.7 Å². The fraction of sp³-hybridized carbons (Fsp3) is 0.489. The zero-order valence-electron chi connectivity index (χ0n) is 34.5. The van der Waals surface area contributed by atoms with Crippen LogP contribution in [0.1, 0.15) is 151 Å². The van der Waals surface area contributed by atoms with Crippen LogP contribution in [-0.2, 0) is 17.3 Å². The molecule has 0 bridgehead atoms. The van der Waals surface area contributed by atoms with Crippen LogP contribution in [0.4, 0.5) is 0 Å². The number of benzene rings is 3. The Morgan fingerprint density at radius 3 is 1.71 bits per heavy atom. The minimum absolute atomic E-state index is 0.153. The summed E-state index contributed by atoms with van der Waals surface area (Å²) in [4.78, 5) is 0. The highest BCUT2D eigenvalue weighted by Gasteiger charge is 2.36. The molecule has 3 aromatic carbocycles. The Labute approximate surface area is 299 Å². The molecule has 5 rings (SSSR count). The number of unbranched alkanes of at least 4 members (excludes halogenated alkanes) is 1. The normalized spacial score (nSPS) is 14.8. The average molecular weight is 654 g/mol. The topological polar surface area (TPSA) is 26.0 Å². The molecule has 0 unspecified atom stereocenters. The molecule has 0 saturated heterocycles. The third-order valence-electron chi connectivity index (χ3n) is 9.15. The van der Waals surface area contributed by atoms with Gasteiger partial charge in [0.2, 0.25) is 0 Å². The molecule has 0 heterocycles. The Balaban J connectivity index is 0. The molecule has 0 spiro atoms. The van der Waals surface area contributed by atoms with Gasteiger partial charge in [0, 0.05) is 10.8 Å². The smallest absolute Gasteiger partial charge is 0.0114 e. The molecule has 2 aliphatic rings. The second-order valence-electron chi connectivity index (χ2n) is 12.5. The van der Waals surface area contributed by atoms with Crippen LogP contribution in [0.15, 0.2) is 95.6 Å². The molecular formula is C47H75N. The lowest BCUT2D eigenvalue weighted by molar-refractivity contribution is 0.623. The first-order valence-electron chi connectivity index (χ1n) is 18.9. The lowest BCUT2D eigenvalue weighted by Crippen LogP contribution is -2.19. The first-order chi connectivity index (χ1) is 23.0. The van der Waals surface area contributed by atoms with Gasteiger partial charge in [0.1, 0.15) is 0 Å². The van der Waals surface area contributed by atoms with Crippen LogP contribution in [-0.4, -0.2) is 7.05 Å². The molecule has 268 valence electrons. The number of hydrogen-bond donors (Lipinski definition) is 1.